The SMILES string of the molecule is N#Cc1ccc2c(c1)Oc1ccc(-c3ccc(-c4cc5ccc6cccc7ccc(c4)c5c67)cc3)c3cccc-2c13.N#Cc1ccc2c(c1)Oc1cccc3c(-c4ccc(-c5cc6ccc7cc(-c8ccccc8)cc8ccc(c5)c6c78)cc4)ccc-2c13. The van der Waals surface area contributed by atoms with Crippen molar-refractivity contribution in [3.63, 3.8) is 0 Å². The summed E-state index contributed by atoms with van der Waals surface area (Å²) in [7, 11) is 0. The molecule has 0 aliphatic carbocycles. The van der Waals surface area contributed by atoms with Gasteiger partial charge in [-0.15, -0.1) is 0 Å². The molecular weight excluding hydrogens is 1070 g/mol. The molecule has 0 spiro atoms. The fourth-order valence-corrected chi connectivity index (χ4v) is 14.3. The van der Waals surface area contributed by atoms with Crippen LogP contribution in [-0.2, 0) is 0 Å². The van der Waals surface area contributed by atoms with E-state index in [1.807, 2.05) is 48.5 Å². The van der Waals surface area contributed by atoms with Gasteiger partial charge in [-0.05, 0) is 227 Å². The third kappa shape index (κ3) is 7.70. The molecule has 17 aromatic rings. The average Bonchev–Trinajstić information content (AvgIpc) is 0.993. The van der Waals surface area contributed by atoms with Crippen molar-refractivity contribution in [2.24, 2.45) is 0 Å². The highest BCUT2D eigenvalue weighted by Crippen LogP contribution is 2.51. The van der Waals surface area contributed by atoms with Gasteiger partial charge in [0.15, 0.2) is 0 Å². The Labute approximate surface area is 506 Å². The normalized spacial score (nSPS) is 12.0. The maximum Gasteiger partial charge on any atom is 0.136 e. The Bertz CT molecular complexity index is 5740. The Hall–Kier alpha value is -12.1. The Morgan fingerprint density at radius 1 is 0.205 bits per heavy atom. The molecule has 404 valence electrons. The quantitative estimate of drug-likeness (QED) is 0.161. The number of ether oxygens (including phenoxy) is 2. The van der Waals surface area contributed by atoms with Gasteiger partial charge < -0.3 is 9.47 Å². The first-order chi connectivity index (χ1) is 43.5. The minimum Gasteiger partial charge on any atom is -0.456 e. The van der Waals surface area contributed by atoms with Gasteiger partial charge in [0.25, 0.3) is 0 Å². The number of hydrogen-bond acceptors (Lipinski definition) is 4. The maximum absolute atomic E-state index is 9.39. The fraction of sp³-hybridized carbons (Fsp3) is 0. The van der Waals surface area contributed by atoms with Crippen LogP contribution < -0.4 is 9.47 Å². The first-order valence-electron chi connectivity index (χ1n) is 29.7. The second-order valence-corrected chi connectivity index (χ2v) is 23.3. The van der Waals surface area contributed by atoms with E-state index in [0.29, 0.717) is 11.1 Å². The molecule has 17 aromatic carbocycles. The van der Waals surface area contributed by atoms with Gasteiger partial charge in [-0.2, -0.15) is 10.5 Å². The summed E-state index contributed by atoms with van der Waals surface area (Å²) < 4.78 is 12.6. The number of nitrogens with zero attached hydrogens (tertiary/aromatic N) is 2. The van der Waals surface area contributed by atoms with Crippen molar-refractivity contribution in [3.05, 3.63) is 290 Å². The minimum absolute atomic E-state index is 0.596. The second-order valence-electron chi connectivity index (χ2n) is 23.3. The third-order valence-corrected chi connectivity index (χ3v) is 18.4. The van der Waals surface area contributed by atoms with Crippen LogP contribution in [0.25, 0.3) is 164 Å². The number of nitriles is 2. The van der Waals surface area contributed by atoms with E-state index in [4.69, 9.17) is 9.47 Å². The van der Waals surface area contributed by atoms with Gasteiger partial charge in [0, 0.05) is 21.9 Å². The predicted molar refractivity (Wildman–Crippen MR) is 363 cm³/mol. The van der Waals surface area contributed by atoms with Crippen LogP contribution in [0.1, 0.15) is 11.1 Å². The molecule has 4 heteroatoms. The number of rotatable bonds is 5. The predicted octanol–water partition coefficient (Wildman–Crippen LogP) is 23.1. The van der Waals surface area contributed by atoms with Crippen LogP contribution in [0.5, 0.6) is 23.0 Å². The van der Waals surface area contributed by atoms with Crippen molar-refractivity contribution in [2.75, 3.05) is 0 Å². The lowest BCUT2D eigenvalue weighted by Gasteiger charge is -2.22. The lowest BCUT2D eigenvalue weighted by molar-refractivity contribution is 0.486. The van der Waals surface area contributed by atoms with Crippen LogP contribution in [-0.4, -0.2) is 0 Å². The summed E-state index contributed by atoms with van der Waals surface area (Å²) in [6.07, 6.45) is 0. The van der Waals surface area contributed by atoms with Gasteiger partial charge in [-0.3, -0.25) is 0 Å². The summed E-state index contributed by atoms with van der Waals surface area (Å²) in [5, 5.41) is 38.8. The summed E-state index contributed by atoms with van der Waals surface area (Å²) in [5.74, 6) is 3.11. The lowest BCUT2D eigenvalue weighted by atomic mass is 9.88. The summed E-state index contributed by atoms with van der Waals surface area (Å²) >= 11 is 0. The van der Waals surface area contributed by atoms with Gasteiger partial charge in [-0.25, -0.2) is 0 Å². The molecule has 0 saturated carbocycles. The van der Waals surface area contributed by atoms with Crippen LogP contribution in [0.15, 0.2) is 279 Å². The van der Waals surface area contributed by atoms with Crippen molar-refractivity contribution in [1.29, 1.82) is 10.5 Å². The van der Waals surface area contributed by atoms with Gasteiger partial charge >= 0.3 is 0 Å². The van der Waals surface area contributed by atoms with E-state index < -0.39 is 0 Å². The molecule has 88 heavy (non-hydrogen) atoms. The first-order valence-corrected chi connectivity index (χ1v) is 29.7. The van der Waals surface area contributed by atoms with Crippen molar-refractivity contribution in [3.8, 4) is 113 Å². The zero-order chi connectivity index (χ0) is 58.1. The molecule has 0 radical (unpaired) electrons. The molecule has 0 atom stereocenters. The highest BCUT2D eigenvalue weighted by molar-refractivity contribution is 6.26. The van der Waals surface area contributed by atoms with Gasteiger partial charge in [0.1, 0.15) is 23.0 Å². The highest BCUT2D eigenvalue weighted by atomic mass is 16.5. The molecule has 0 fully saturated rings. The maximum atomic E-state index is 9.39. The van der Waals surface area contributed by atoms with Gasteiger partial charge in [0.2, 0.25) is 0 Å². The molecule has 2 aliphatic rings. The third-order valence-electron chi connectivity index (χ3n) is 18.4. The summed E-state index contributed by atoms with van der Waals surface area (Å²) in [6, 6.07) is 104. The number of benzene rings is 17. The van der Waals surface area contributed by atoms with E-state index in [-0.39, 0.29) is 0 Å². The van der Waals surface area contributed by atoms with Crippen molar-refractivity contribution in [1.82, 2.24) is 0 Å². The molecule has 0 unspecified atom stereocenters. The Morgan fingerprint density at radius 3 is 1.02 bits per heavy atom. The van der Waals surface area contributed by atoms with E-state index >= 15 is 0 Å². The van der Waals surface area contributed by atoms with Crippen LogP contribution in [0.3, 0.4) is 0 Å². The van der Waals surface area contributed by atoms with Crippen LogP contribution in [0, 0.1) is 22.7 Å². The van der Waals surface area contributed by atoms with E-state index in [2.05, 4.69) is 243 Å². The smallest absolute Gasteiger partial charge is 0.136 e. The fourth-order valence-electron chi connectivity index (χ4n) is 14.3. The van der Waals surface area contributed by atoms with Crippen molar-refractivity contribution in [2.45, 2.75) is 0 Å². The molecular formula is C84H46N2O2. The highest BCUT2D eigenvalue weighted by Gasteiger charge is 2.25. The second kappa shape index (κ2) is 19.2. The molecule has 2 aliphatic heterocycles. The van der Waals surface area contributed by atoms with E-state index in [9.17, 15) is 10.5 Å². The molecule has 0 bridgehead atoms. The Kier molecular flexibility index (Phi) is 10.8. The van der Waals surface area contributed by atoms with E-state index in [0.717, 1.165) is 72.4 Å². The Balaban J connectivity index is 0.000000133. The molecule has 0 amide bonds. The number of hydrogen-bond donors (Lipinski definition) is 0. The summed E-state index contributed by atoms with van der Waals surface area (Å²) in [4.78, 5) is 0. The minimum atomic E-state index is 0.596. The Morgan fingerprint density at radius 2 is 0.557 bits per heavy atom. The van der Waals surface area contributed by atoms with E-state index in [1.54, 1.807) is 0 Å². The van der Waals surface area contributed by atoms with Crippen molar-refractivity contribution < 1.29 is 9.47 Å². The van der Waals surface area contributed by atoms with Gasteiger partial charge in [-0.1, -0.05) is 194 Å². The molecule has 0 aromatic heterocycles. The number of fused-ring (bicyclic) bond motifs is 4. The van der Waals surface area contributed by atoms with Crippen LogP contribution in [0.2, 0.25) is 0 Å². The molecule has 4 nitrogen and oxygen atoms in total. The molecule has 0 N–H and O–H groups in total. The lowest BCUT2D eigenvalue weighted by Crippen LogP contribution is -1.98. The summed E-state index contributed by atoms with van der Waals surface area (Å²) in [5.41, 5.74) is 17.5. The monoisotopic (exact) mass is 1110 g/mol. The topological polar surface area (TPSA) is 66.0 Å². The van der Waals surface area contributed by atoms with Crippen LogP contribution in [0.4, 0.5) is 0 Å². The van der Waals surface area contributed by atoms with Crippen molar-refractivity contribution >= 4 is 86.2 Å². The van der Waals surface area contributed by atoms with E-state index in [1.165, 1.54) is 115 Å². The first kappa shape index (κ1) is 49.4. The standard InChI is InChI=1S/C45H25NO.C39H21NO/c46-26-27-9-18-38-40-20-19-37(39-7-4-8-41(45(39)40)47-42(38)21-27)30-12-10-29(11-13-30)36-24-33-16-14-31-22-35(28-5-2-1-3-6-28)23-32-15-17-34(25-36)44(33)43(31)32;40-22-23-7-16-32-34-6-2-5-33-31(17-18-35(39(33)34)41-36(32)19-23)25-10-8-24(9-11-25)30-20-28-14-12-26-3-1-4-27-13-15-29(21-30)38(28)37(26)27/h1-25H;1-21H. The average molecular weight is 1120 g/mol. The molecule has 0 saturated heterocycles. The molecule has 2 heterocycles. The zero-order valence-electron chi connectivity index (χ0n) is 47.3. The van der Waals surface area contributed by atoms with Crippen LogP contribution >= 0.6 is 0 Å². The van der Waals surface area contributed by atoms with Gasteiger partial charge in [0.05, 0.1) is 23.3 Å². The summed E-state index contributed by atoms with van der Waals surface area (Å²) in [6.45, 7) is 0. The largest absolute Gasteiger partial charge is 0.456 e. The zero-order valence-corrected chi connectivity index (χ0v) is 47.3. The molecule has 19 rings (SSSR count).